The monoisotopic (exact) mass is 266 g/mol. The zero-order valence-corrected chi connectivity index (χ0v) is 11.6. The number of nitrogens with one attached hydrogen (secondary N) is 1. The van der Waals surface area contributed by atoms with Gasteiger partial charge in [0, 0.05) is 24.7 Å². The molecule has 1 fully saturated rings. The molecule has 0 aliphatic carbocycles. The first-order valence-electron chi connectivity index (χ1n) is 6.82. The zero-order chi connectivity index (χ0) is 13.8. The van der Waals surface area contributed by atoms with E-state index in [-0.39, 0.29) is 5.76 Å². The summed E-state index contributed by atoms with van der Waals surface area (Å²) in [6.45, 7) is 8.21. The molecule has 0 amide bonds. The maximum atomic E-state index is 10.9. The van der Waals surface area contributed by atoms with Gasteiger partial charge < -0.3 is 19.7 Å². The van der Waals surface area contributed by atoms with Gasteiger partial charge in [-0.15, -0.1) is 0 Å². The van der Waals surface area contributed by atoms with Crippen molar-refractivity contribution < 1.29 is 14.3 Å². The van der Waals surface area contributed by atoms with E-state index < -0.39 is 5.97 Å². The van der Waals surface area contributed by atoms with Crippen molar-refractivity contribution in [1.29, 1.82) is 0 Å². The maximum absolute atomic E-state index is 10.9. The molecule has 2 rings (SSSR count). The van der Waals surface area contributed by atoms with Gasteiger partial charge in [-0.3, -0.25) is 0 Å². The van der Waals surface area contributed by atoms with Gasteiger partial charge in [0.25, 0.3) is 0 Å². The molecule has 1 aliphatic rings. The lowest BCUT2D eigenvalue weighted by Crippen LogP contribution is -2.30. The lowest BCUT2D eigenvalue weighted by molar-refractivity contribution is 0.0660. The van der Waals surface area contributed by atoms with E-state index in [1.54, 1.807) is 6.07 Å². The van der Waals surface area contributed by atoms with E-state index in [0.717, 1.165) is 19.6 Å². The van der Waals surface area contributed by atoms with E-state index in [1.165, 1.54) is 12.7 Å². The van der Waals surface area contributed by atoms with Crippen LogP contribution < -0.4 is 5.32 Å². The van der Waals surface area contributed by atoms with Crippen molar-refractivity contribution >= 4 is 5.97 Å². The molecule has 1 aromatic rings. The second kappa shape index (κ2) is 6.21. The Labute approximate surface area is 113 Å². The topological polar surface area (TPSA) is 65.7 Å². The molecule has 1 saturated heterocycles. The molecular formula is C14H22N2O3. The van der Waals surface area contributed by atoms with Crippen LogP contribution >= 0.6 is 0 Å². The summed E-state index contributed by atoms with van der Waals surface area (Å²) in [7, 11) is 0. The molecular weight excluding hydrogens is 244 g/mol. The van der Waals surface area contributed by atoms with Gasteiger partial charge in [0.1, 0.15) is 0 Å². The summed E-state index contributed by atoms with van der Waals surface area (Å²) in [5.41, 5.74) is 0.714. The molecule has 0 aromatic carbocycles. The van der Waals surface area contributed by atoms with Crippen molar-refractivity contribution in [2.45, 2.75) is 32.9 Å². The number of carbonyl (C=O) groups is 1. The van der Waals surface area contributed by atoms with Crippen LogP contribution in [-0.4, -0.2) is 41.7 Å². The zero-order valence-electron chi connectivity index (χ0n) is 11.6. The lowest BCUT2D eigenvalue weighted by atomic mass is 10.1. The van der Waals surface area contributed by atoms with E-state index >= 15 is 0 Å². The Morgan fingerprint density at radius 3 is 3.05 bits per heavy atom. The molecule has 2 N–H and O–H groups in total. The van der Waals surface area contributed by atoms with Gasteiger partial charge in [-0.05, 0) is 45.3 Å². The van der Waals surface area contributed by atoms with Crippen LogP contribution in [0, 0.1) is 5.92 Å². The van der Waals surface area contributed by atoms with Crippen LogP contribution in [0.25, 0.3) is 0 Å². The summed E-state index contributed by atoms with van der Waals surface area (Å²) < 4.78 is 4.95. The average molecular weight is 266 g/mol. The van der Waals surface area contributed by atoms with Crippen molar-refractivity contribution in [2.24, 2.45) is 5.92 Å². The summed E-state index contributed by atoms with van der Waals surface area (Å²) in [5, 5.41) is 12.3. The molecule has 1 aromatic heterocycles. The van der Waals surface area contributed by atoms with Gasteiger partial charge in [0.2, 0.25) is 5.76 Å². The fraction of sp³-hybridized carbons (Fsp3) is 0.643. The summed E-state index contributed by atoms with van der Waals surface area (Å²) >= 11 is 0. The second-order valence-corrected chi connectivity index (χ2v) is 5.45. The van der Waals surface area contributed by atoms with E-state index in [4.69, 9.17) is 9.52 Å². The molecule has 0 saturated carbocycles. The van der Waals surface area contributed by atoms with Crippen molar-refractivity contribution in [3.63, 3.8) is 0 Å². The number of hydrogen-bond donors (Lipinski definition) is 2. The SMILES string of the molecule is CC(C)N1CCC(CNCc2ccoc2C(=O)O)C1. The predicted molar refractivity (Wildman–Crippen MR) is 72.2 cm³/mol. The molecule has 1 aliphatic heterocycles. The molecule has 2 heterocycles. The molecule has 0 radical (unpaired) electrons. The Morgan fingerprint density at radius 1 is 1.63 bits per heavy atom. The highest BCUT2D eigenvalue weighted by Crippen LogP contribution is 2.18. The van der Waals surface area contributed by atoms with E-state index in [0.29, 0.717) is 24.1 Å². The van der Waals surface area contributed by atoms with Crippen molar-refractivity contribution in [3.8, 4) is 0 Å². The van der Waals surface area contributed by atoms with Gasteiger partial charge in [-0.1, -0.05) is 0 Å². The minimum atomic E-state index is -1.01. The molecule has 0 bridgehead atoms. The smallest absolute Gasteiger partial charge is 0.372 e. The minimum absolute atomic E-state index is 0.0442. The van der Waals surface area contributed by atoms with Crippen LogP contribution in [0.4, 0.5) is 0 Å². The predicted octanol–water partition coefficient (Wildman–Crippen LogP) is 1.80. The third-order valence-corrected chi connectivity index (χ3v) is 3.74. The summed E-state index contributed by atoms with van der Waals surface area (Å²) in [6, 6.07) is 2.32. The van der Waals surface area contributed by atoms with Crippen LogP contribution in [-0.2, 0) is 6.54 Å². The quantitative estimate of drug-likeness (QED) is 0.822. The number of carboxylic acid groups (broad SMARTS) is 1. The normalized spacial score (nSPS) is 20.3. The molecule has 0 spiro atoms. The van der Waals surface area contributed by atoms with Gasteiger partial charge in [0.05, 0.1) is 6.26 Å². The van der Waals surface area contributed by atoms with Gasteiger partial charge in [-0.25, -0.2) is 4.79 Å². The number of nitrogens with zero attached hydrogens (tertiary/aromatic N) is 1. The third-order valence-electron chi connectivity index (χ3n) is 3.74. The Bertz CT molecular complexity index is 428. The van der Waals surface area contributed by atoms with Crippen LogP contribution in [0.3, 0.4) is 0 Å². The largest absolute Gasteiger partial charge is 0.475 e. The highest BCUT2D eigenvalue weighted by molar-refractivity contribution is 5.86. The summed E-state index contributed by atoms with van der Waals surface area (Å²) in [5.74, 6) is -0.307. The molecule has 5 heteroatoms. The van der Waals surface area contributed by atoms with E-state index in [9.17, 15) is 4.79 Å². The fourth-order valence-electron chi connectivity index (χ4n) is 2.57. The van der Waals surface area contributed by atoms with Crippen LogP contribution in [0.2, 0.25) is 0 Å². The molecule has 106 valence electrons. The van der Waals surface area contributed by atoms with Gasteiger partial charge >= 0.3 is 5.97 Å². The second-order valence-electron chi connectivity index (χ2n) is 5.45. The molecule has 19 heavy (non-hydrogen) atoms. The average Bonchev–Trinajstić information content (AvgIpc) is 2.97. The number of hydrogen-bond acceptors (Lipinski definition) is 4. The number of furan rings is 1. The first-order chi connectivity index (χ1) is 9.08. The lowest BCUT2D eigenvalue weighted by Gasteiger charge is -2.20. The van der Waals surface area contributed by atoms with Crippen LogP contribution in [0.15, 0.2) is 16.7 Å². The van der Waals surface area contributed by atoms with E-state index in [1.807, 2.05) is 0 Å². The number of carboxylic acids is 1. The number of aromatic carboxylic acids is 1. The summed E-state index contributed by atoms with van der Waals surface area (Å²) in [6.07, 6.45) is 2.64. The van der Waals surface area contributed by atoms with Crippen molar-refractivity contribution in [1.82, 2.24) is 10.2 Å². The first-order valence-corrected chi connectivity index (χ1v) is 6.82. The Hall–Kier alpha value is -1.33. The van der Waals surface area contributed by atoms with Crippen molar-refractivity contribution in [2.75, 3.05) is 19.6 Å². The first kappa shape index (κ1) is 14.1. The Balaban J connectivity index is 1.75. The Kier molecular flexibility index (Phi) is 4.61. The number of likely N-dealkylation sites (tertiary alicyclic amines) is 1. The standard InChI is InChI=1S/C14H22N2O3/c1-10(2)16-5-3-11(9-16)7-15-8-12-4-6-19-13(12)14(17)18/h4,6,10-11,15H,3,5,7-9H2,1-2H3,(H,17,18). The number of rotatable bonds is 6. The van der Waals surface area contributed by atoms with Crippen molar-refractivity contribution in [3.05, 3.63) is 23.7 Å². The fourth-order valence-corrected chi connectivity index (χ4v) is 2.57. The van der Waals surface area contributed by atoms with Crippen LogP contribution in [0.5, 0.6) is 0 Å². The highest BCUT2D eigenvalue weighted by Gasteiger charge is 2.23. The van der Waals surface area contributed by atoms with Gasteiger partial charge in [0.15, 0.2) is 0 Å². The molecule has 1 atom stereocenters. The molecule has 1 unspecified atom stereocenters. The van der Waals surface area contributed by atoms with E-state index in [2.05, 4.69) is 24.1 Å². The minimum Gasteiger partial charge on any atom is -0.475 e. The maximum Gasteiger partial charge on any atom is 0.372 e. The third kappa shape index (κ3) is 3.58. The Morgan fingerprint density at radius 2 is 2.42 bits per heavy atom. The van der Waals surface area contributed by atoms with Crippen LogP contribution in [0.1, 0.15) is 36.4 Å². The summed E-state index contributed by atoms with van der Waals surface area (Å²) in [4.78, 5) is 13.4. The highest BCUT2D eigenvalue weighted by atomic mass is 16.4. The molecule has 5 nitrogen and oxygen atoms in total. The van der Waals surface area contributed by atoms with Gasteiger partial charge in [-0.2, -0.15) is 0 Å².